The molecule has 1 aliphatic rings. The number of aryl methyl sites for hydroxylation is 1. The molecule has 0 unspecified atom stereocenters. The molecule has 1 fully saturated rings. The number of aromatic carboxylic acids is 1. The Labute approximate surface area is 219 Å². The molecule has 38 heavy (non-hydrogen) atoms. The third kappa shape index (κ3) is 7.23. The van der Waals surface area contributed by atoms with Crippen LogP contribution in [0.2, 0.25) is 0 Å². The predicted octanol–water partition coefficient (Wildman–Crippen LogP) is 5.72. The van der Waals surface area contributed by atoms with Crippen molar-refractivity contribution in [3.05, 3.63) is 58.8 Å². The van der Waals surface area contributed by atoms with Gasteiger partial charge in [-0.25, -0.2) is 14.6 Å². The lowest BCUT2D eigenvalue weighted by molar-refractivity contribution is -0.135. The number of carbonyl (C=O) groups is 3. The fraction of sp³-hybridized carbons (Fsp3) is 0.481. The van der Waals surface area contributed by atoms with Crippen LogP contribution in [0.15, 0.2) is 36.2 Å². The number of carbonyl (C=O) groups excluding carboxylic acids is 2. The first-order valence-electron chi connectivity index (χ1n) is 12.8. The van der Waals surface area contributed by atoms with E-state index in [0.29, 0.717) is 25.1 Å². The largest absolute Gasteiger partial charge is 0.478 e. The average Bonchev–Trinajstić information content (AvgIpc) is 3.34. The molecule has 0 bridgehead atoms. The summed E-state index contributed by atoms with van der Waals surface area (Å²) in [6.07, 6.45) is 1.18. The molecular formula is C27H33F3N4O4. The van der Waals surface area contributed by atoms with Gasteiger partial charge in [-0.2, -0.15) is 13.2 Å². The van der Waals surface area contributed by atoms with E-state index < -0.39 is 30.5 Å². The van der Waals surface area contributed by atoms with E-state index in [9.17, 15) is 32.7 Å². The van der Waals surface area contributed by atoms with Gasteiger partial charge in [0.05, 0.1) is 17.5 Å². The van der Waals surface area contributed by atoms with Gasteiger partial charge in [0.25, 0.3) is 5.91 Å². The molecule has 2 aromatic rings. The summed E-state index contributed by atoms with van der Waals surface area (Å²) in [5.74, 6) is -0.815. The van der Waals surface area contributed by atoms with Crippen molar-refractivity contribution < 1.29 is 32.7 Å². The van der Waals surface area contributed by atoms with Gasteiger partial charge >= 0.3 is 18.2 Å². The fourth-order valence-corrected chi connectivity index (χ4v) is 4.23. The van der Waals surface area contributed by atoms with Crippen molar-refractivity contribution in [3.63, 3.8) is 0 Å². The molecule has 2 heterocycles. The number of hydrogen-bond donors (Lipinski definition) is 1. The van der Waals surface area contributed by atoms with Gasteiger partial charge in [-0.05, 0) is 43.0 Å². The Balaban J connectivity index is 1.98. The first-order chi connectivity index (χ1) is 18.1. The molecule has 3 amide bonds. The number of carboxylic acids is 1. The Hall–Kier alpha value is -3.63. The molecule has 3 rings (SSSR count). The molecule has 0 saturated carbocycles. The van der Waals surface area contributed by atoms with Gasteiger partial charge in [0.15, 0.2) is 0 Å². The van der Waals surface area contributed by atoms with E-state index in [0.717, 1.165) is 40.5 Å². The van der Waals surface area contributed by atoms with Gasteiger partial charge in [0.1, 0.15) is 11.5 Å². The number of imidazole rings is 1. The van der Waals surface area contributed by atoms with Crippen LogP contribution in [0.3, 0.4) is 0 Å². The van der Waals surface area contributed by atoms with E-state index in [1.54, 1.807) is 18.3 Å². The van der Waals surface area contributed by atoms with Crippen molar-refractivity contribution in [1.82, 2.24) is 19.4 Å². The molecule has 1 aromatic carbocycles. The second kappa shape index (κ2) is 12.7. The molecule has 0 radical (unpaired) electrons. The first-order valence-corrected chi connectivity index (χ1v) is 12.8. The van der Waals surface area contributed by atoms with Crippen molar-refractivity contribution in [3.8, 4) is 0 Å². The van der Waals surface area contributed by atoms with Gasteiger partial charge in [-0.3, -0.25) is 14.6 Å². The molecule has 1 N–H and O–H groups in total. The zero-order chi connectivity index (χ0) is 27.9. The van der Waals surface area contributed by atoms with Crippen molar-refractivity contribution in [2.75, 3.05) is 13.1 Å². The number of amides is 3. The maximum Gasteiger partial charge on any atom is 0.389 e. The van der Waals surface area contributed by atoms with Crippen LogP contribution >= 0.6 is 0 Å². The third-order valence-electron chi connectivity index (χ3n) is 6.34. The number of aromatic nitrogens is 2. The minimum atomic E-state index is -4.36. The van der Waals surface area contributed by atoms with Crippen LogP contribution < -0.4 is 0 Å². The van der Waals surface area contributed by atoms with Crippen LogP contribution in [0.25, 0.3) is 6.08 Å². The lowest BCUT2D eigenvalue weighted by atomic mass is 10.1. The summed E-state index contributed by atoms with van der Waals surface area (Å²) >= 11 is 0. The number of rotatable bonds is 13. The van der Waals surface area contributed by atoms with Gasteiger partial charge in [-0.15, -0.1) is 0 Å². The molecular weight excluding hydrogens is 501 g/mol. The van der Waals surface area contributed by atoms with Crippen LogP contribution in [0.5, 0.6) is 0 Å². The summed E-state index contributed by atoms with van der Waals surface area (Å²) < 4.78 is 40.2. The lowest BCUT2D eigenvalue weighted by Crippen LogP contribution is -2.34. The summed E-state index contributed by atoms with van der Waals surface area (Å²) in [5, 5.41) is 9.18. The summed E-state index contributed by atoms with van der Waals surface area (Å²) in [7, 11) is 0. The summed E-state index contributed by atoms with van der Waals surface area (Å²) in [6.45, 7) is 4.27. The molecule has 1 saturated heterocycles. The van der Waals surface area contributed by atoms with E-state index >= 15 is 0 Å². The first kappa shape index (κ1) is 28.9. The van der Waals surface area contributed by atoms with Crippen LogP contribution in [0.4, 0.5) is 18.0 Å². The minimum absolute atomic E-state index is 0.0256. The number of benzene rings is 1. The van der Waals surface area contributed by atoms with Crippen LogP contribution in [-0.2, 0) is 17.8 Å². The molecule has 206 valence electrons. The zero-order valence-corrected chi connectivity index (χ0v) is 21.6. The normalized spacial score (nSPS) is 15.2. The number of urea groups is 1. The molecule has 0 spiro atoms. The molecule has 0 atom stereocenters. The topological polar surface area (TPSA) is 95.7 Å². The highest BCUT2D eigenvalue weighted by atomic mass is 19.4. The van der Waals surface area contributed by atoms with E-state index in [1.165, 1.54) is 18.2 Å². The van der Waals surface area contributed by atoms with E-state index in [-0.39, 0.29) is 30.8 Å². The summed E-state index contributed by atoms with van der Waals surface area (Å²) in [4.78, 5) is 44.2. The number of unbranched alkanes of at least 4 members (excludes halogenated alkanes) is 2. The Morgan fingerprint density at radius 3 is 2.26 bits per heavy atom. The number of imide groups is 1. The molecule has 1 aromatic heterocycles. The Kier molecular flexibility index (Phi) is 9.71. The second-order valence-electron chi connectivity index (χ2n) is 9.28. The molecule has 11 heteroatoms. The number of halogens is 3. The van der Waals surface area contributed by atoms with Crippen molar-refractivity contribution in [2.24, 2.45) is 0 Å². The number of alkyl halides is 3. The van der Waals surface area contributed by atoms with Crippen molar-refractivity contribution >= 4 is 24.0 Å². The molecule has 1 aliphatic heterocycles. The van der Waals surface area contributed by atoms with Crippen LogP contribution in [0, 0.1) is 0 Å². The minimum Gasteiger partial charge on any atom is -0.478 e. The second-order valence-corrected chi connectivity index (χ2v) is 9.28. The predicted molar refractivity (Wildman–Crippen MR) is 135 cm³/mol. The fourth-order valence-electron chi connectivity index (χ4n) is 4.23. The summed E-state index contributed by atoms with van der Waals surface area (Å²) in [6, 6.07) is 5.80. The maximum absolute atomic E-state index is 13.2. The zero-order valence-electron chi connectivity index (χ0n) is 21.6. The standard InChI is InChI=1S/C27H33F3N4O4/c1-3-5-8-23-31-17-21(34(23)18-19-9-11-20(12-10-19)25(36)37)16-22-24(35)33(14-6-4-2)26(38)32(22)15-7-13-27(28,29)30/h9-12,16-17H,3-8,13-15,18H2,1-2H3,(H,36,37). The van der Waals surface area contributed by atoms with Crippen molar-refractivity contribution in [2.45, 2.75) is 71.5 Å². The van der Waals surface area contributed by atoms with Gasteiger partial charge < -0.3 is 9.67 Å². The Morgan fingerprint density at radius 2 is 1.66 bits per heavy atom. The highest BCUT2D eigenvalue weighted by Crippen LogP contribution is 2.28. The highest BCUT2D eigenvalue weighted by molar-refractivity contribution is 6.13. The number of carboxylic acid groups (broad SMARTS) is 1. The number of hydrogen-bond acceptors (Lipinski definition) is 4. The van der Waals surface area contributed by atoms with E-state index in [4.69, 9.17) is 0 Å². The Bertz CT molecular complexity index is 1170. The number of nitrogens with zero attached hydrogens (tertiary/aromatic N) is 4. The highest BCUT2D eigenvalue weighted by Gasteiger charge is 2.41. The van der Waals surface area contributed by atoms with E-state index in [1.807, 2.05) is 18.4 Å². The Morgan fingerprint density at radius 1 is 1.00 bits per heavy atom. The lowest BCUT2D eigenvalue weighted by Gasteiger charge is -2.18. The molecule has 0 aliphatic carbocycles. The van der Waals surface area contributed by atoms with Crippen LogP contribution in [0.1, 0.15) is 79.8 Å². The SMILES string of the molecule is CCCCc1ncc(C=C2C(=O)N(CCCC)C(=O)N2CCCC(F)(F)F)n1Cc1ccc(C(=O)O)cc1. The maximum atomic E-state index is 13.2. The quantitative estimate of drug-likeness (QED) is 0.262. The smallest absolute Gasteiger partial charge is 0.389 e. The van der Waals surface area contributed by atoms with E-state index in [2.05, 4.69) is 4.98 Å². The monoisotopic (exact) mass is 534 g/mol. The van der Waals surface area contributed by atoms with Gasteiger partial charge in [0, 0.05) is 32.5 Å². The average molecular weight is 535 g/mol. The van der Waals surface area contributed by atoms with Crippen LogP contribution in [-0.4, -0.2) is 61.6 Å². The third-order valence-corrected chi connectivity index (χ3v) is 6.34. The molecule has 8 nitrogen and oxygen atoms in total. The summed E-state index contributed by atoms with van der Waals surface area (Å²) in [5.41, 5.74) is 1.53. The van der Waals surface area contributed by atoms with Crippen molar-refractivity contribution in [1.29, 1.82) is 0 Å². The van der Waals surface area contributed by atoms with Gasteiger partial charge in [-0.1, -0.05) is 38.8 Å². The van der Waals surface area contributed by atoms with Gasteiger partial charge in [0.2, 0.25) is 0 Å².